The molecule has 2 aromatic carbocycles. The zero-order chi connectivity index (χ0) is 19.5. The summed E-state index contributed by atoms with van der Waals surface area (Å²) in [6.07, 6.45) is 2.67. The van der Waals surface area contributed by atoms with Gasteiger partial charge in [0.05, 0.1) is 0 Å². The summed E-state index contributed by atoms with van der Waals surface area (Å²) < 4.78 is 6.02. The fourth-order valence-electron chi connectivity index (χ4n) is 4.23. The summed E-state index contributed by atoms with van der Waals surface area (Å²) in [7, 11) is 0. The molecule has 1 unspecified atom stereocenters. The van der Waals surface area contributed by atoms with Crippen LogP contribution in [0.15, 0.2) is 48.5 Å². The quantitative estimate of drug-likeness (QED) is 0.676. The second-order valence-corrected chi connectivity index (χ2v) is 7.51. The van der Waals surface area contributed by atoms with Gasteiger partial charge in [-0.2, -0.15) is 0 Å². The average Bonchev–Trinajstić information content (AvgIpc) is 3.11. The standard InChI is InChI=1S/C24H28N2O2/c1-3-26(4-2)24(27)18-10-12-22-20(14-18)21-15-19(11-13-23(21)25-22)28-16-17-8-6-5-7-9-17/h5-9,11,13,15,18,25H,3-4,10,12,14,16H2,1-2H3. The lowest BCUT2D eigenvalue weighted by molar-refractivity contribution is -0.135. The molecule has 0 saturated heterocycles. The van der Waals surface area contributed by atoms with Crippen molar-refractivity contribution < 1.29 is 9.53 Å². The predicted molar refractivity (Wildman–Crippen MR) is 113 cm³/mol. The third-order valence-corrected chi connectivity index (χ3v) is 5.83. The van der Waals surface area contributed by atoms with E-state index in [9.17, 15) is 4.79 Å². The molecular weight excluding hydrogens is 348 g/mol. The van der Waals surface area contributed by atoms with E-state index >= 15 is 0 Å². The van der Waals surface area contributed by atoms with Crippen molar-refractivity contribution in [1.82, 2.24) is 9.88 Å². The summed E-state index contributed by atoms with van der Waals surface area (Å²) in [5, 5.41) is 1.19. The van der Waals surface area contributed by atoms with Gasteiger partial charge in [-0.05, 0) is 62.4 Å². The molecule has 1 aliphatic carbocycles. The molecule has 0 radical (unpaired) electrons. The Bertz CT molecular complexity index is 957. The SMILES string of the molecule is CCN(CC)C(=O)C1CCc2[nH]c3ccc(OCc4ccccc4)cc3c2C1. The number of carbonyl (C=O) groups is 1. The van der Waals surface area contributed by atoms with Crippen LogP contribution in [-0.4, -0.2) is 28.9 Å². The number of rotatable bonds is 6. The van der Waals surface area contributed by atoms with Gasteiger partial charge >= 0.3 is 0 Å². The maximum absolute atomic E-state index is 12.8. The Hall–Kier alpha value is -2.75. The topological polar surface area (TPSA) is 45.3 Å². The van der Waals surface area contributed by atoms with Gasteiger partial charge in [0.25, 0.3) is 0 Å². The van der Waals surface area contributed by atoms with Crippen LogP contribution in [0.4, 0.5) is 0 Å². The zero-order valence-corrected chi connectivity index (χ0v) is 16.7. The van der Waals surface area contributed by atoms with E-state index in [1.54, 1.807) is 0 Å². The molecule has 0 aliphatic heterocycles. The van der Waals surface area contributed by atoms with Crippen LogP contribution in [0.25, 0.3) is 10.9 Å². The van der Waals surface area contributed by atoms with E-state index in [0.717, 1.165) is 49.2 Å². The van der Waals surface area contributed by atoms with Gasteiger partial charge in [0.15, 0.2) is 0 Å². The fraction of sp³-hybridized carbons (Fsp3) is 0.375. The van der Waals surface area contributed by atoms with Crippen molar-refractivity contribution in [1.29, 1.82) is 0 Å². The molecule has 0 saturated carbocycles. The monoisotopic (exact) mass is 376 g/mol. The minimum absolute atomic E-state index is 0.0836. The molecular formula is C24H28N2O2. The Balaban J connectivity index is 1.55. The molecule has 0 bridgehead atoms. The number of H-pyrrole nitrogens is 1. The summed E-state index contributed by atoms with van der Waals surface area (Å²) in [4.78, 5) is 18.4. The Morgan fingerprint density at radius 1 is 1.14 bits per heavy atom. The van der Waals surface area contributed by atoms with Crippen LogP contribution in [-0.2, 0) is 24.2 Å². The first kappa shape index (κ1) is 18.6. The van der Waals surface area contributed by atoms with Gasteiger partial charge in [-0.15, -0.1) is 0 Å². The summed E-state index contributed by atoms with van der Waals surface area (Å²) >= 11 is 0. The lowest BCUT2D eigenvalue weighted by Gasteiger charge is -2.28. The van der Waals surface area contributed by atoms with Crippen LogP contribution in [0.5, 0.6) is 5.75 Å². The molecule has 4 rings (SSSR count). The number of hydrogen-bond acceptors (Lipinski definition) is 2. The van der Waals surface area contributed by atoms with Gasteiger partial charge < -0.3 is 14.6 Å². The predicted octanol–water partition coefficient (Wildman–Crippen LogP) is 4.72. The van der Waals surface area contributed by atoms with Crippen LogP contribution >= 0.6 is 0 Å². The van der Waals surface area contributed by atoms with Crippen LogP contribution < -0.4 is 4.74 Å². The molecule has 1 atom stereocenters. The van der Waals surface area contributed by atoms with Gasteiger partial charge in [-0.3, -0.25) is 4.79 Å². The Labute approximate surface area is 166 Å². The van der Waals surface area contributed by atoms with Crippen molar-refractivity contribution in [2.45, 2.75) is 39.7 Å². The normalized spacial score (nSPS) is 16.0. The second kappa shape index (κ2) is 8.09. The van der Waals surface area contributed by atoms with E-state index in [-0.39, 0.29) is 5.92 Å². The zero-order valence-electron chi connectivity index (χ0n) is 16.7. The molecule has 146 valence electrons. The number of carbonyl (C=O) groups excluding carboxylic acids is 1. The maximum Gasteiger partial charge on any atom is 0.226 e. The molecule has 1 heterocycles. The number of aromatic amines is 1. The van der Waals surface area contributed by atoms with E-state index < -0.39 is 0 Å². The number of fused-ring (bicyclic) bond motifs is 3. The third kappa shape index (κ3) is 3.64. The molecule has 1 N–H and O–H groups in total. The average molecular weight is 377 g/mol. The number of amides is 1. The molecule has 4 nitrogen and oxygen atoms in total. The largest absolute Gasteiger partial charge is 0.489 e. The van der Waals surface area contributed by atoms with Crippen molar-refractivity contribution in [3.8, 4) is 5.75 Å². The number of ether oxygens (including phenoxy) is 1. The highest BCUT2D eigenvalue weighted by Crippen LogP contribution is 2.34. The lowest BCUT2D eigenvalue weighted by Crippen LogP contribution is -2.38. The first-order valence-electron chi connectivity index (χ1n) is 10.3. The fourth-order valence-corrected chi connectivity index (χ4v) is 4.23. The lowest BCUT2D eigenvalue weighted by atomic mass is 9.85. The Kier molecular flexibility index (Phi) is 5.38. The highest BCUT2D eigenvalue weighted by atomic mass is 16.5. The molecule has 3 aromatic rings. The highest BCUT2D eigenvalue weighted by molar-refractivity contribution is 5.88. The van der Waals surface area contributed by atoms with E-state index in [0.29, 0.717) is 12.5 Å². The minimum Gasteiger partial charge on any atom is -0.489 e. The first-order chi connectivity index (χ1) is 13.7. The Morgan fingerprint density at radius 3 is 2.68 bits per heavy atom. The molecule has 0 spiro atoms. The maximum atomic E-state index is 12.8. The van der Waals surface area contributed by atoms with Gasteiger partial charge in [0.1, 0.15) is 12.4 Å². The molecule has 1 aromatic heterocycles. The van der Waals surface area contributed by atoms with Crippen molar-refractivity contribution in [3.05, 3.63) is 65.4 Å². The minimum atomic E-state index is 0.0836. The van der Waals surface area contributed by atoms with Crippen molar-refractivity contribution in [3.63, 3.8) is 0 Å². The smallest absolute Gasteiger partial charge is 0.226 e. The van der Waals surface area contributed by atoms with Crippen LogP contribution in [0.1, 0.15) is 37.1 Å². The van der Waals surface area contributed by atoms with Crippen LogP contribution in [0, 0.1) is 5.92 Å². The van der Waals surface area contributed by atoms with Crippen molar-refractivity contribution in [2.75, 3.05) is 13.1 Å². The van der Waals surface area contributed by atoms with Crippen LogP contribution in [0.3, 0.4) is 0 Å². The molecule has 28 heavy (non-hydrogen) atoms. The van der Waals surface area contributed by atoms with E-state index in [4.69, 9.17) is 4.74 Å². The van der Waals surface area contributed by atoms with E-state index in [1.807, 2.05) is 29.2 Å². The van der Waals surface area contributed by atoms with Gasteiger partial charge in [-0.25, -0.2) is 0 Å². The summed E-state index contributed by atoms with van der Waals surface area (Å²) in [5.74, 6) is 1.25. The summed E-state index contributed by atoms with van der Waals surface area (Å²) in [6.45, 7) is 6.23. The van der Waals surface area contributed by atoms with Gasteiger partial charge in [-0.1, -0.05) is 30.3 Å². The van der Waals surface area contributed by atoms with Gasteiger partial charge in [0.2, 0.25) is 5.91 Å². The number of aryl methyl sites for hydroxylation is 1. The molecule has 4 heteroatoms. The number of hydrogen-bond donors (Lipinski definition) is 1. The summed E-state index contributed by atoms with van der Waals surface area (Å²) in [5.41, 5.74) is 4.85. The number of nitrogens with one attached hydrogen (secondary N) is 1. The highest BCUT2D eigenvalue weighted by Gasteiger charge is 2.29. The van der Waals surface area contributed by atoms with E-state index in [1.165, 1.54) is 16.6 Å². The first-order valence-corrected chi connectivity index (χ1v) is 10.3. The van der Waals surface area contributed by atoms with Crippen molar-refractivity contribution in [2.24, 2.45) is 5.92 Å². The Morgan fingerprint density at radius 2 is 1.93 bits per heavy atom. The van der Waals surface area contributed by atoms with Crippen molar-refractivity contribution >= 4 is 16.8 Å². The second-order valence-electron chi connectivity index (χ2n) is 7.51. The van der Waals surface area contributed by atoms with E-state index in [2.05, 4.69) is 43.1 Å². The number of benzene rings is 2. The number of aromatic nitrogens is 1. The van der Waals surface area contributed by atoms with Gasteiger partial charge in [0, 0.05) is 35.6 Å². The molecule has 0 fully saturated rings. The third-order valence-electron chi connectivity index (χ3n) is 5.83. The molecule has 1 amide bonds. The van der Waals surface area contributed by atoms with Crippen LogP contribution in [0.2, 0.25) is 0 Å². The molecule has 1 aliphatic rings. The summed E-state index contributed by atoms with van der Waals surface area (Å²) in [6, 6.07) is 16.4. The number of nitrogens with zero attached hydrogens (tertiary/aromatic N) is 1.